The highest BCUT2D eigenvalue weighted by Gasteiger charge is 2.24. The van der Waals surface area contributed by atoms with Crippen LogP contribution in [0.15, 0.2) is 18.3 Å². The standard InChI is InChI=1S/C15H24N2/c1-11(2)13-6-4-7-14(10-13)17-15-8-5-9-16-12(15)3/h5,8-9,11,13-14,17H,4,6-7,10H2,1-3H3. The number of nitrogens with one attached hydrogen (secondary N) is 1. The van der Waals surface area contributed by atoms with Crippen molar-refractivity contribution in [3.63, 3.8) is 0 Å². The zero-order chi connectivity index (χ0) is 12.3. The van der Waals surface area contributed by atoms with Crippen LogP contribution < -0.4 is 5.32 Å². The molecule has 1 aliphatic rings. The van der Waals surface area contributed by atoms with E-state index in [1.54, 1.807) is 0 Å². The van der Waals surface area contributed by atoms with Gasteiger partial charge < -0.3 is 5.32 Å². The van der Waals surface area contributed by atoms with Gasteiger partial charge in [0.05, 0.1) is 11.4 Å². The molecule has 0 saturated heterocycles. The van der Waals surface area contributed by atoms with E-state index in [4.69, 9.17) is 0 Å². The predicted molar refractivity (Wildman–Crippen MR) is 73.2 cm³/mol. The molecule has 2 rings (SSSR count). The van der Waals surface area contributed by atoms with Crippen LogP contribution in [-0.4, -0.2) is 11.0 Å². The molecular formula is C15H24N2. The van der Waals surface area contributed by atoms with Crippen molar-refractivity contribution in [2.24, 2.45) is 11.8 Å². The molecule has 0 aromatic carbocycles. The summed E-state index contributed by atoms with van der Waals surface area (Å²) in [4.78, 5) is 4.34. The molecule has 2 nitrogen and oxygen atoms in total. The number of aromatic nitrogens is 1. The maximum Gasteiger partial charge on any atom is 0.0603 e. The molecule has 1 aromatic rings. The predicted octanol–water partition coefficient (Wildman–Crippen LogP) is 4.02. The van der Waals surface area contributed by atoms with Gasteiger partial charge >= 0.3 is 0 Å². The molecule has 2 atom stereocenters. The summed E-state index contributed by atoms with van der Waals surface area (Å²) in [5, 5.41) is 3.67. The Morgan fingerprint density at radius 1 is 1.35 bits per heavy atom. The molecular weight excluding hydrogens is 208 g/mol. The average Bonchev–Trinajstić information content (AvgIpc) is 2.32. The lowest BCUT2D eigenvalue weighted by Crippen LogP contribution is -2.29. The Balaban J connectivity index is 1.97. The Morgan fingerprint density at radius 3 is 2.88 bits per heavy atom. The van der Waals surface area contributed by atoms with Crippen LogP contribution in [0.25, 0.3) is 0 Å². The number of nitrogens with zero attached hydrogens (tertiary/aromatic N) is 1. The molecule has 1 heterocycles. The number of rotatable bonds is 3. The van der Waals surface area contributed by atoms with Crippen molar-refractivity contribution in [2.45, 2.75) is 52.5 Å². The molecule has 94 valence electrons. The minimum atomic E-state index is 0.638. The van der Waals surface area contributed by atoms with Crippen LogP contribution >= 0.6 is 0 Å². The maximum absolute atomic E-state index is 4.34. The first-order valence-electron chi connectivity index (χ1n) is 6.85. The Hall–Kier alpha value is -1.05. The molecule has 1 aromatic heterocycles. The van der Waals surface area contributed by atoms with Crippen LogP contribution in [0, 0.1) is 18.8 Å². The summed E-state index contributed by atoms with van der Waals surface area (Å²) in [6.45, 7) is 6.77. The van der Waals surface area contributed by atoms with Crippen LogP contribution in [-0.2, 0) is 0 Å². The van der Waals surface area contributed by atoms with E-state index in [1.807, 2.05) is 12.3 Å². The number of hydrogen-bond acceptors (Lipinski definition) is 2. The van der Waals surface area contributed by atoms with Crippen LogP contribution in [0.1, 0.15) is 45.2 Å². The van der Waals surface area contributed by atoms with Gasteiger partial charge in [0.15, 0.2) is 0 Å². The van der Waals surface area contributed by atoms with Gasteiger partial charge in [-0.05, 0) is 43.7 Å². The Kier molecular flexibility index (Phi) is 4.03. The van der Waals surface area contributed by atoms with Gasteiger partial charge in [0, 0.05) is 12.2 Å². The van der Waals surface area contributed by atoms with E-state index in [9.17, 15) is 0 Å². The first-order valence-corrected chi connectivity index (χ1v) is 6.85. The van der Waals surface area contributed by atoms with Crippen molar-refractivity contribution >= 4 is 5.69 Å². The summed E-state index contributed by atoms with van der Waals surface area (Å²) in [6, 6.07) is 4.79. The number of pyridine rings is 1. The molecule has 17 heavy (non-hydrogen) atoms. The van der Waals surface area contributed by atoms with Crippen molar-refractivity contribution < 1.29 is 0 Å². The van der Waals surface area contributed by atoms with E-state index in [2.05, 4.69) is 37.1 Å². The average molecular weight is 232 g/mol. The van der Waals surface area contributed by atoms with Crippen LogP contribution in [0.4, 0.5) is 5.69 Å². The van der Waals surface area contributed by atoms with Crippen molar-refractivity contribution in [3.05, 3.63) is 24.0 Å². The fourth-order valence-corrected chi connectivity index (χ4v) is 2.82. The van der Waals surface area contributed by atoms with Gasteiger partial charge in [-0.15, -0.1) is 0 Å². The molecule has 0 radical (unpaired) electrons. The molecule has 1 N–H and O–H groups in total. The summed E-state index contributed by atoms with van der Waals surface area (Å²) in [5.41, 5.74) is 2.32. The van der Waals surface area contributed by atoms with Crippen LogP contribution in [0.3, 0.4) is 0 Å². The van der Waals surface area contributed by atoms with Gasteiger partial charge in [0.2, 0.25) is 0 Å². The first kappa shape index (κ1) is 12.4. The minimum absolute atomic E-state index is 0.638. The summed E-state index contributed by atoms with van der Waals surface area (Å²) in [5.74, 6) is 1.70. The smallest absolute Gasteiger partial charge is 0.0603 e. The zero-order valence-electron chi connectivity index (χ0n) is 11.2. The van der Waals surface area contributed by atoms with Crippen molar-refractivity contribution in [3.8, 4) is 0 Å². The molecule has 0 amide bonds. The third-order valence-corrected chi connectivity index (χ3v) is 4.02. The van der Waals surface area contributed by atoms with E-state index in [1.165, 1.54) is 31.4 Å². The zero-order valence-corrected chi connectivity index (χ0v) is 11.2. The molecule has 1 saturated carbocycles. The molecule has 0 aliphatic heterocycles. The largest absolute Gasteiger partial charge is 0.381 e. The summed E-state index contributed by atoms with van der Waals surface area (Å²) < 4.78 is 0. The fraction of sp³-hybridized carbons (Fsp3) is 0.667. The van der Waals surface area contributed by atoms with Crippen molar-refractivity contribution in [1.29, 1.82) is 0 Å². The van der Waals surface area contributed by atoms with Crippen molar-refractivity contribution in [2.75, 3.05) is 5.32 Å². The van der Waals surface area contributed by atoms with E-state index >= 15 is 0 Å². The molecule has 2 unspecified atom stereocenters. The van der Waals surface area contributed by atoms with Gasteiger partial charge in [0.1, 0.15) is 0 Å². The molecule has 0 bridgehead atoms. The van der Waals surface area contributed by atoms with E-state index in [-0.39, 0.29) is 0 Å². The normalized spacial score (nSPS) is 24.9. The highest BCUT2D eigenvalue weighted by molar-refractivity contribution is 5.47. The molecule has 1 aliphatic carbocycles. The van der Waals surface area contributed by atoms with Gasteiger partial charge in [-0.1, -0.05) is 26.7 Å². The maximum atomic E-state index is 4.34. The lowest BCUT2D eigenvalue weighted by molar-refractivity contribution is 0.264. The highest BCUT2D eigenvalue weighted by Crippen LogP contribution is 2.31. The topological polar surface area (TPSA) is 24.9 Å². The second kappa shape index (κ2) is 5.52. The van der Waals surface area contributed by atoms with Gasteiger partial charge in [0.25, 0.3) is 0 Å². The van der Waals surface area contributed by atoms with Crippen molar-refractivity contribution in [1.82, 2.24) is 4.98 Å². The van der Waals surface area contributed by atoms with Gasteiger partial charge in [-0.2, -0.15) is 0 Å². The van der Waals surface area contributed by atoms with Crippen LogP contribution in [0.5, 0.6) is 0 Å². The third kappa shape index (κ3) is 3.21. The lowest BCUT2D eigenvalue weighted by Gasteiger charge is -2.32. The van der Waals surface area contributed by atoms with E-state index < -0.39 is 0 Å². The Labute approximate surface area is 105 Å². The highest BCUT2D eigenvalue weighted by atomic mass is 14.9. The van der Waals surface area contributed by atoms with E-state index in [0.717, 1.165) is 17.5 Å². The van der Waals surface area contributed by atoms with Crippen LogP contribution in [0.2, 0.25) is 0 Å². The number of hydrogen-bond donors (Lipinski definition) is 1. The second-order valence-electron chi connectivity index (χ2n) is 5.65. The monoisotopic (exact) mass is 232 g/mol. The third-order valence-electron chi connectivity index (χ3n) is 4.02. The van der Waals surface area contributed by atoms with Gasteiger partial charge in [-0.3, -0.25) is 4.98 Å². The molecule has 1 fully saturated rings. The Bertz CT molecular complexity index is 360. The Morgan fingerprint density at radius 2 is 2.18 bits per heavy atom. The summed E-state index contributed by atoms with van der Waals surface area (Å²) in [7, 11) is 0. The SMILES string of the molecule is Cc1ncccc1NC1CCCC(C(C)C)C1. The fourth-order valence-electron chi connectivity index (χ4n) is 2.82. The van der Waals surface area contributed by atoms with Gasteiger partial charge in [-0.25, -0.2) is 0 Å². The first-order chi connectivity index (χ1) is 8.16. The summed E-state index contributed by atoms with van der Waals surface area (Å²) >= 11 is 0. The lowest BCUT2D eigenvalue weighted by atomic mass is 9.79. The van der Waals surface area contributed by atoms with E-state index in [0.29, 0.717) is 6.04 Å². The summed E-state index contributed by atoms with van der Waals surface area (Å²) in [6.07, 6.45) is 7.24. The molecule has 0 spiro atoms. The minimum Gasteiger partial charge on any atom is -0.381 e. The molecule has 2 heteroatoms. The number of aryl methyl sites for hydroxylation is 1. The quantitative estimate of drug-likeness (QED) is 0.851. The second-order valence-corrected chi connectivity index (χ2v) is 5.65. The number of anilines is 1.